The van der Waals surface area contributed by atoms with Crippen LogP contribution >= 0.6 is 0 Å². The molecular formula is C10H12F2N4O. The van der Waals surface area contributed by atoms with E-state index in [4.69, 9.17) is 16.2 Å². The molecule has 1 aromatic carbocycles. The summed E-state index contributed by atoms with van der Waals surface area (Å²) in [5.41, 5.74) is 10.1. The summed E-state index contributed by atoms with van der Waals surface area (Å²) in [6.07, 6.45) is 1.07. The maximum Gasteiger partial charge on any atom is 0.211 e. The van der Waals surface area contributed by atoms with Crippen LogP contribution in [0, 0.1) is 11.6 Å². The molecule has 0 unspecified atom stereocenters. The molecule has 1 rings (SSSR count). The van der Waals surface area contributed by atoms with Crippen LogP contribution in [0.15, 0.2) is 22.3 Å². The number of nitrogens with zero attached hydrogens (tertiary/aromatic N) is 2. The van der Waals surface area contributed by atoms with Gasteiger partial charge in [-0.05, 0) is 19.1 Å². The standard InChI is InChI=1S/C10H12F2N4O/c1-2-17-9-7(11)4-3-6(8(9)12)5-15-16-10(13)14/h3-5H,2H2,1H3,(H4,13,14,16). The highest BCUT2D eigenvalue weighted by Crippen LogP contribution is 2.23. The Morgan fingerprint density at radius 3 is 2.71 bits per heavy atom. The van der Waals surface area contributed by atoms with E-state index in [9.17, 15) is 8.78 Å². The van der Waals surface area contributed by atoms with E-state index in [1.807, 2.05) is 0 Å². The zero-order chi connectivity index (χ0) is 12.8. The van der Waals surface area contributed by atoms with Crippen molar-refractivity contribution in [3.8, 4) is 5.75 Å². The smallest absolute Gasteiger partial charge is 0.211 e. The van der Waals surface area contributed by atoms with E-state index >= 15 is 0 Å². The first-order chi connectivity index (χ1) is 8.06. The van der Waals surface area contributed by atoms with Crippen LogP contribution in [0.3, 0.4) is 0 Å². The topological polar surface area (TPSA) is 86.0 Å². The summed E-state index contributed by atoms with van der Waals surface area (Å²) in [6.45, 7) is 1.78. The molecule has 0 radical (unpaired) electrons. The van der Waals surface area contributed by atoms with Crippen molar-refractivity contribution in [2.45, 2.75) is 6.92 Å². The van der Waals surface area contributed by atoms with E-state index in [1.54, 1.807) is 6.92 Å². The van der Waals surface area contributed by atoms with Crippen molar-refractivity contribution in [3.05, 3.63) is 29.3 Å². The molecule has 0 aromatic heterocycles. The van der Waals surface area contributed by atoms with Crippen molar-refractivity contribution in [2.24, 2.45) is 21.7 Å². The van der Waals surface area contributed by atoms with Gasteiger partial charge in [0.1, 0.15) is 0 Å². The molecule has 0 aliphatic heterocycles. The summed E-state index contributed by atoms with van der Waals surface area (Å²) in [4.78, 5) is 0. The van der Waals surface area contributed by atoms with Crippen molar-refractivity contribution < 1.29 is 13.5 Å². The Balaban J connectivity index is 3.06. The normalized spacial score (nSPS) is 10.5. The van der Waals surface area contributed by atoms with E-state index in [2.05, 4.69) is 10.2 Å². The number of benzene rings is 1. The maximum absolute atomic E-state index is 13.7. The van der Waals surface area contributed by atoms with E-state index in [0.29, 0.717) is 0 Å². The molecule has 0 amide bonds. The summed E-state index contributed by atoms with van der Waals surface area (Å²) >= 11 is 0. The molecule has 0 saturated carbocycles. The van der Waals surface area contributed by atoms with Crippen LogP contribution in [0.2, 0.25) is 0 Å². The second kappa shape index (κ2) is 5.78. The zero-order valence-electron chi connectivity index (χ0n) is 9.15. The predicted molar refractivity (Wildman–Crippen MR) is 60.9 cm³/mol. The number of halogens is 2. The van der Waals surface area contributed by atoms with Gasteiger partial charge in [0.25, 0.3) is 0 Å². The highest BCUT2D eigenvalue weighted by atomic mass is 19.1. The quantitative estimate of drug-likeness (QED) is 0.468. The van der Waals surface area contributed by atoms with Gasteiger partial charge in [0.15, 0.2) is 17.4 Å². The minimum absolute atomic E-state index is 0.0276. The van der Waals surface area contributed by atoms with Crippen molar-refractivity contribution in [1.82, 2.24) is 0 Å². The van der Waals surface area contributed by atoms with Gasteiger partial charge in [-0.1, -0.05) is 0 Å². The summed E-state index contributed by atoms with van der Waals surface area (Å²) in [5.74, 6) is -2.32. The predicted octanol–water partition coefficient (Wildman–Crippen LogP) is 0.971. The molecule has 1 aromatic rings. The van der Waals surface area contributed by atoms with Gasteiger partial charge in [-0.2, -0.15) is 5.10 Å². The van der Waals surface area contributed by atoms with Gasteiger partial charge in [0.2, 0.25) is 5.96 Å². The summed E-state index contributed by atoms with van der Waals surface area (Å²) in [6, 6.07) is 2.28. The van der Waals surface area contributed by atoms with Crippen molar-refractivity contribution in [1.29, 1.82) is 0 Å². The minimum atomic E-state index is -0.846. The van der Waals surface area contributed by atoms with E-state index in [-0.39, 0.29) is 18.1 Å². The summed E-state index contributed by atoms with van der Waals surface area (Å²) in [7, 11) is 0. The molecule has 0 fully saturated rings. The van der Waals surface area contributed by atoms with E-state index < -0.39 is 17.4 Å². The highest BCUT2D eigenvalue weighted by molar-refractivity contribution is 5.82. The second-order valence-electron chi connectivity index (χ2n) is 2.98. The number of hydrogen-bond donors (Lipinski definition) is 2. The van der Waals surface area contributed by atoms with Crippen molar-refractivity contribution in [2.75, 3.05) is 6.61 Å². The Hall–Kier alpha value is -2.18. The monoisotopic (exact) mass is 242 g/mol. The number of hydrogen-bond acceptors (Lipinski definition) is 3. The van der Waals surface area contributed by atoms with Crippen LogP contribution in [0.5, 0.6) is 5.75 Å². The Kier molecular flexibility index (Phi) is 4.38. The fourth-order valence-electron chi connectivity index (χ4n) is 1.08. The first-order valence-corrected chi connectivity index (χ1v) is 4.79. The summed E-state index contributed by atoms with van der Waals surface area (Å²) in [5, 5.41) is 6.73. The number of nitrogens with two attached hydrogens (primary N) is 2. The first-order valence-electron chi connectivity index (χ1n) is 4.79. The molecule has 0 aliphatic carbocycles. The van der Waals surface area contributed by atoms with Gasteiger partial charge in [-0.25, -0.2) is 8.78 Å². The third-order valence-corrected chi connectivity index (χ3v) is 1.74. The molecule has 7 heteroatoms. The molecule has 0 saturated heterocycles. The number of guanidine groups is 1. The van der Waals surface area contributed by atoms with Crippen LogP contribution in [-0.2, 0) is 0 Å². The zero-order valence-corrected chi connectivity index (χ0v) is 9.15. The van der Waals surface area contributed by atoms with Crippen LogP contribution in [0.25, 0.3) is 0 Å². The molecule has 0 heterocycles. The molecule has 0 spiro atoms. The Labute approximate surface area is 96.8 Å². The fraction of sp³-hybridized carbons (Fsp3) is 0.200. The van der Waals surface area contributed by atoms with Gasteiger partial charge in [-0.15, -0.1) is 5.10 Å². The minimum Gasteiger partial charge on any atom is -0.488 e. The van der Waals surface area contributed by atoms with Crippen LogP contribution in [0.4, 0.5) is 8.78 Å². The molecule has 0 atom stereocenters. The van der Waals surface area contributed by atoms with Crippen LogP contribution < -0.4 is 16.2 Å². The molecule has 92 valence electrons. The largest absolute Gasteiger partial charge is 0.488 e. The third kappa shape index (κ3) is 3.40. The Morgan fingerprint density at radius 2 is 2.12 bits per heavy atom. The SMILES string of the molecule is CCOc1c(F)ccc(C=NN=C(N)N)c1F. The average Bonchev–Trinajstić information content (AvgIpc) is 2.27. The Morgan fingerprint density at radius 1 is 1.41 bits per heavy atom. The highest BCUT2D eigenvalue weighted by Gasteiger charge is 2.13. The van der Waals surface area contributed by atoms with Gasteiger partial charge in [0, 0.05) is 5.56 Å². The maximum atomic E-state index is 13.7. The fourth-order valence-corrected chi connectivity index (χ4v) is 1.08. The van der Waals surface area contributed by atoms with Gasteiger partial charge in [-0.3, -0.25) is 0 Å². The number of ether oxygens (including phenoxy) is 1. The molecule has 5 nitrogen and oxygen atoms in total. The van der Waals surface area contributed by atoms with Crippen molar-refractivity contribution >= 4 is 12.2 Å². The van der Waals surface area contributed by atoms with Gasteiger partial charge >= 0.3 is 0 Å². The molecule has 0 aliphatic rings. The lowest BCUT2D eigenvalue weighted by Crippen LogP contribution is -2.21. The lowest BCUT2D eigenvalue weighted by molar-refractivity contribution is 0.302. The van der Waals surface area contributed by atoms with Gasteiger partial charge < -0.3 is 16.2 Å². The second-order valence-corrected chi connectivity index (χ2v) is 2.98. The van der Waals surface area contributed by atoms with Crippen molar-refractivity contribution in [3.63, 3.8) is 0 Å². The van der Waals surface area contributed by atoms with Gasteiger partial charge in [0.05, 0.1) is 12.8 Å². The van der Waals surface area contributed by atoms with E-state index in [0.717, 1.165) is 12.3 Å². The lowest BCUT2D eigenvalue weighted by atomic mass is 10.2. The van der Waals surface area contributed by atoms with Crippen LogP contribution in [-0.4, -0.2) is 18.8 Å². The Bertz CT molecular complexity index is 456. The first kappa shape index (κ1) is 12.9. The molecule has 4 N–H and O–H groups in total. The van der Waals surface area contributed by atoms with E-state index in [1.165, 1.54) is 6.07 Å². The average molecular weight is 242 g/mol. The molecular weight excluding hydrogens is 230 g/mol. The third-order valence-electron chi connectivity index (χ3n) is 1.74. The summed E-state index contributed by atoms with van der Waals surface area (Å²) < 4.78 is 31.7. The number of rotatable bonds is 4. The van der Waals surface area contributed by atoms with Crippen LogP contribution in [0.1, 0.15) is 12.5 Å². The molecule has 0 bridgehead atoms. The lowest BCUT2D eigenvalue weighted by Gasteiger charge is -2.07. The molecule has 17 heavy (non-hydrogen) atoms.